The molecule has 0 bridgehead atoms. The van der Waals surface area contributed by atoms with Crippen molar-refractivity contribution in [1.29, 1.82) is 0 Å². The highest BCUT2D eigenvalue weighted by Gasteiger charge is 2.34. The Morgan fingerprint density at radius 3 is 2.35 bits per heavy atom. The van der Waals surface area contributed by atoms with Crippen molar-refractivity contribution in [2.75, 3.05) is 7.11 Å². The van der Waals surface area contributed by atoms with Gasteiger partial charge in [0.15, 0.2) is 0 Å². The standard InChI is InChI=1S/C25H25N3O3/c1-4-15(2)23-19(18-11-10-17(31-3)13-20(18)26-23)14-22-25(30)27-21(24(29)28-22)12-16-8-6-5-7-9-16/h4-11,13,21-22,26H,1-2,12,14H2,3H3,(H,27,30)(H,28,29)/t21-,22-/m0/s1. The van der Waals surface area contributed by atoms with Gasteiger partial charge in [-0.05, 0) is 28.8 Å². The maximum Gasteiger partial charge on any atom is 0.243 e. The van der Waals surface area contributed by atoms with E-state index in [4.69, 9.17) is 4.74 Å². The number of carbonyl (C=O) groups is 2. The number of carbonyl (C=O) groups excluding carboxylic acids is 2. The van der Waals surface area contributed by atoms with Gasteiger partial charge in [0.05, 0.1) is 7.11 Å². The molecule has 0 unspecified atom stereocenters. The molecule has 0 saturated carbocycles. The molecule has 158 valence electrons. The number of aromatic amines is 1. The fraction of sp³-hybridized carbons (Fsp3) is 0.200. The van der Waals surface area contributed by atoms with Crippen LogP contribution >= 0.6 is 0 Å². The van der Waals surface area contributed by atoms with E-state index < -0.39 is 12.1 Å². The summed E-state index contributed by atoms with van der Waals surface area (Å²) in [6, 6.07) is 14.1. The van der Waals surface area contributed by atoms with Crippen LogP contribution in [0.25, 0.3) is 16.5 Å². The van der Waals surface area contributed by atoms with Crippen molar-refractivity contribution in [2.45, 2.75) is 24.9 Å². The third-order valence-corrected chi connectivity index (χ3v) is 5.64. The Labute approximate surface area is 181 Å². The number of methoxy groups -OCH3 is 1. The van der Waals surface area contributed by atoms with Crippen LogP contribution < -0.4 is 15.4 Å². The number of hydrogen-bond acceptors (Lipinski definition) is 3. The lowest BCUT2D eigenvalue weighted by atomic mass is 9.95. The minimum atomic E-state index is -0.669. The summed E-state index contributed by atoms with van der Waals surface area (Å²) < 4.78 is 5.32. The number of nitrogens with one attached hydrogen (secondary N) is 3. The molecule has 1 saturated heterocycles. The number of ether oxygens (including phenoxy) is 1. The molecule has 0 spiro atoms. The van der Waals surface area contributed by atoms with Crippen LogP contribution in [0.4, 0.5) is 0 Å². The first-order valence-electron chi connectivity index (χ1n) is 10.1. The average Bonchev–Trinajstić information content (AvgIpc) is 3.14. The van der Waals surface area contributed by atoms with Crippen molar-refractivity contribution in [3.63, 3.8) is 0 Å². The van der Waals surface area contributed by atoms with Gasteiger partial charge in [0.1, 0.15) is 17.8 Å². The van der Waals surface area contributed by atoms with Gasteiger partial charge in [-0.25, -0.2) is 0 Å². The average molecular weight is 415 g/mol. The highest BCUT2D eigenvalue weighted by Crippen LogP contribution is 2.31. The molecule has 6 heteroatoms. The van der Waals surface area contributed by atoms with Crippen LogP contribution in [0.5, 0.6) is 5.75 Å². The molecule has 1 fully saturated rings. The maximum absolute atomic E-state index is 12.9. The van der Waals surface area contributed by atoms with Crippen LogP contribution in [0.2, 0.25) is 0 Å². The fourth-order valence-corrected chi connectivity index (χ4v) is 3.97. The van der Waals surface area contributed by atoms with E-state index >= 15 is 0 Å². The third kappa shape index (κ3) is 4.10. The van der Waals surface area contributed by atoms with E-state index in [0.717, 1.165) is 39.0 Å². The summed E-state index contributed by atoms with van der Waals surface area (Å²) in [5.74, 6) is 0.348. The molecule has 1 aromatic heterocycles. The molecule has 2 atom stereocenters. The predicted octanol–water partition coefficient (Wildman–Crippen LogP) is 3.14. The van der Waals surface area contributed by atoms with Gasteiger partial charge in [-0.2, -0.15) is 0 Å². The van der Waals surface area contributed by atoms with Crippen molar-refractivity contribution >= 4 is 28.3 Å². The minimum Gasteiger partial charge on any atom is -0.497 e. The number of rotatable bonds is 7. The molecule has 0 aliphatic carbocycles. The van der Waals surface area contributed by atoms with E-state index in [1.165, 1.54) is 0 Å². The minimum absolute atomic E-state index is 0.181. The van der Waals surface area contributed by atoms with Gasteiger partial charge < -0.3 is 20.4 Å². The van der Waals surface area contributed by atoms with Crippen LogP contribution in [0, 0.1) is 0 Å². The molecule has 1 aliphatic heterocycles. The summed E-state index contributed by atoms with van der Waals surface area (Å²) in [6.07, 6.45) is 2.46. The summed E-state index contributed by atoms with van der Waals surface area (Å²) >= 11 is 0. The molecule has 2 aromatic carbocycles. The normalized spacial score (nSPS) is 18.4. The number of allylic oxidation sites excluding steroid dienone is 2. The molecular formula is C25H25N3O3. The number of H-pyrrole nitrogens is 1. The van der Waals surface area contributed by atoms with E-state index in [1.54, 1.807) is 13.2 Å². The van der Waals surface area contributed by atoms with Gasteiger partial charge in [-0.15, -0.1) is 0 Å². The number of piperazine rings is 1. The Hall–Kier alpha value is -3.80. The van der Waals surface area contributed by atoms with Crippen molar-refractivity contribution < 1.29 is 14.3 Å². The molecule has 2 heterocycles. The summed E-state index contributed by atoms with van der Waals surface area (Å²) in [4.78, 5) is 28.9. The lowest BCUT2D eigenvalue weighted by Gasteiger charge is -2.30. The third-order valence-electron chi connectivity index (χ3n) is 5.64. The van der Waals surface area contributed by atoms with Gasteiger partial charge >= 0.3 is 0 Å². The van der Waals surface area contributed by atoms with Gasteiger partial charge in [0, 0.05) is 35.5 Å². The second-order valence-corrected chi connectivity index (χ2v) is 7.64. The second-order valence-electron chi connectivity index (χ2n) is 7.64. The molecule has 3 N–H and O–H groups in total. The number of fused-ring (bicyclic) bond motifs is 1. The zero-order chi connectivity index (χ0) is 22.0. The van der Waals surface area contributed by atoms with E-state index in [2.05, 4.69) is 28.8 Å². The summed E-state index contributed by atoms with van der Waals surface area (Å²) in [6.45, 7) is 7.87. The van der Waals surface area contributed by atoms with Crippen molar-refractivity contribution in [2.24, 2.45) is 0 Å². The van der Waals surface area contributed by atoms with E-state index in [9.17, 15) is 9.59 Å². The number of hydrogen-bond donors (Lipinski definition) is 3. The largest absolute Gasteiger partial charge is 0.497 e. The van der Waals surface area contributed by atoms with Gasteiger partial charge in [-0.3, -0.25) is 9.59 Å². The Morgan fingerprint density at radius 2 is 1.71 bits per heavy atom. The highest BCUT2D eigenvalue weighted by atomic mass is 16.5. The molecule has 6 nitrogen and oxygen atoms in total. The zero-order valence-electron chi connectivity index (χ0n) is 17.4. The molecule has 1 aliphatic rings. The molecule has 0 radical (unpaired) electrons. The Bertz CT molecular complexity index is 1160. The fourth-order valence-electron chi connectivity index (χ4n) is 3.97. The monoisotopic (exact) mass is 415 g/mol. The SMILES string of the molecule is C=CC(=C)c1[nH]c2cc(OC)ccc2c1C[C@@H]1NC(=O)[C@H](Cc2ccccc2)NC1=O. The smallest absolute Gasteiger partial charge is 0.243 e. The first-order valence-corrected chi connectivity index (χ1v) is 10.1. The lowest BCUT2D eigenvalue weighted by molar-refractivity contribution is -0.136. The van der Waals surface area contributed by atoms with Crippen molar-refractivity contribution in [3.05, 3.63) is 84.6 Å². The Morgan fingerprint density at radius 1 is 1.03 bits per heavy atom. The van der Waals surface area contributed by atoms with Crippen LogP contribution in [-0.4, -0.2) is 36.0 Å². The summed E-state index contributed by atoms with van der Waals surface area (Å²) in [5.41, 5.74) is 4.29. The van der Waals surface area contributed by atoms with Crippen LogP contribution in [0.3, 0.4) is 0 Å². The molecule has 3 aromatic rings. The predicted molar refractivity (Wildman–Crippen MR) is 122 cm³/mol. The molecule has 31 heavy (non-hydrogen) atoms. The van der Waals surface area contributed by atoms with E-state index in [0.29, 0.717) is 12.8 Å². The van der Waals surface area contributed by atoms with Crippen LogP contribution in [0.1, 0.15) is 16.8 Å². The van der Waals surface area contributed by atoms with Crippen molar-refractivity contribution in [1.82, 2.24) is 15.6 Å². The highest BCUT2D eigenvalue weighted by molar-refractivity contribution is 5.98. The number of benzene rings is 2. The van der Waals surface area contributed by atoms with E-state index in [1.807, 2.05) is 48.5 Å². The van der Waals surface area contributed by atoms with Crippen LogP contribution in [0.15, 0.2) is 67.8 Å². The quantitative estimate of drug-likeness (QED) is 0.519. The van der Waals surface area contributed by atoms with Gasteiger partial charge in [0.25, 0.3) is 0 Å². The van der Waals surface area contributed by atoms with Crippen LogP contribution in [-0.2, 0) is 22.4 Å². The zero-order valence-corrected chi connectivity index (χ0v) is 17.4. The Balaban J connectivity index is 1.59. The second kappa shape index (κ2) is 8.52. The summed E-state index contributed by atoms with van der Waals surface area (Å²) in [5, 5.41) is 6.73. The van der Waals surface area contributed by atoms with Crippen molar-refractivity contribution in [3.8, 4) is 5.75 Å². The molecular weight excluding hydrogens is 390 g/mol. The lowest BCUT2D eigenvalue weighted by Crippen LogP contribution is -2.62. The first-order chi connectivity index (χ1) is 15.0. The number of amides is 2. The maximum atomic E-state index is 12.9. The molecule has 2 amide bonds. The van der Waals surface area contributed by atoms with Gasteiger partial charge in [-0.1, -0.05) is 49.6 Å². The molecule has 4 rings (SSSR count). The Kier molecular flexibility index (Phi) is 5.62. The van der Waals surface area contributed by atoms with E-state index in [-0.39, 0.29) is 11.8 Å². The number of aromatic nitrogens is 1. The first kappa shape index (κ1) is 20.5. The van der Waals surface area contributed by atoms with Gasteiger partial charge in [0.2, 0.25) is 11.8 Å². The topological polar surface area (TPSA) is 83.2 Å². The summed E-state index contributed by atoms with van der Waals surface area (Å²) in [7, 11) is 1.61.